The molecule has 108 valence electrons. The monoisotopic (exact) mass is 268 g/mol. The second kappa shape index (κ2) is 3.73. The van der Waals surface area contributed by atoms with Crippen LogP contribution in [0.1, 0.15) is 59.8 Å². The van der Waals surface area contributed by atoms with Gasteiger partial charge in [0, 0.05) is 5.92 Å². The number of hydrogen-bond acceptors (Lipinski definition) is 2. The van der Waals surface area contributed by atoms with Crippen LogP contribution in [0.3, 0.4) is 0 Å². The molecule has 1 saturated heterocycles. The van der Waals surface area contributed by atoms with Gasteiger partial charge in [-0.15, -0.1) is 0 Å². The van der Waals surface area contributed by atoms with Crippen molar-refractivity contribution in [2.75, 3.05) is 0 Å². The Labute approximate surface area is 115 Å². The van der Waals surface area contributed by atoms with E-state index >= 15 is 0 Å². The van der Waals surface area contributed by atoms with Crippen LogP contribution >= 0.6 is 0 Å². The fourth-order valence-corrected chi connectivity index (χ4v) is 5.75. The van der Waals surface area contributed by atoms with E-state index in [1.165, 1.54) is 0 Å². The molecule has 2 nitrogen and oxygen atoms in total. The third-order valence-corrected chi connectivity index (χ3v) is 6.33. The van der Waals surface area contributed by atoms with Crippen LogP contribution in [0.5, 0.6) is 0 Å². The highest BCUT2D eigenvalue weighted by Crippen LogP contribution is 2.65. The zero-order valence-corrected chi connectivity index (χ0v) is 12.5. The zero-order chi connectivity index (χ0) is 14.1. The molecule has 3 rings (SSSR count). The van der Waals surface area contributed by atoms with E-state index in [1.54, 1.807) is 0 Å². The van der Waals surface area contributed by atoms with Gasteiger partial charge in [-0.05, 0) is 49.4 Å². The van der Waals surface area contributed by atoms with E-state index in [-0.39, 0.29) is 28.3 Å². The Kier molecular flexibility index (Phi) is 2.63. The minimum atomic E-state index is -0.741. The van der Waals surface area contributed by atoms with Gasteiger partial charge in [-0.2, -0.15) is 0 Å². The van der Waals surface area contributed by atoms with Gasteiger partial charge in [-0.25, -0.2) is 4.39 Å². The fraction of sp³-hybridized carbons (Fsp3) is 0.938. The molecule has 1 heterocycles. The van der Waals surface area contributed by atoms with E-state index in [2.05, 4.69) is 27.7 Å². The average Bonchev–Trinajstić information content (AvgIpc) is 2.51. The second-order valence-corrected chi connectivity index (χ2v) is 8.13. The summed E-state index contributed by atoms with van der Waals surface area (Å²) in [5.74, 6) is 0.594. The molecule has 0 amide bonds. The molecule has 3 heteroatoms. The smallest absolute Gasteiger partial charge is 0.306 e. The van der Waals surface area contributed by atoms with Crippen molar-refractivity contribution in [3.63, 3.8) is 0 Å². The van der Waals surface area contributed by atoms with Crippen molar-refractivity contribution >= 4 is 5.97 Å². The van der Waals surface area contributed by atoms with Crippen LogP contribution in [0.25, 0.3) is 0 Å². The van der Waals surface area contributed by atoms with Crippen molar-refractivity contribution in [2.24, 2.45) is 22.7 Å². The maximum atomic E-state index is 14.2. The number of esters is 1. The van der Waals surface area contributed by atoms with Gasteiger partial charge >= 0.3 is 5.97 Å². The number of fused-ring (bicyclic) bond motifs is 3. The summed E-state index contributed by atoms with van der Waals surface area (Å²) in [6, 6.07) is 0. The summed E-state index contributed by atoms with van der Waals surface area (Å²) in [7, 11) is 0. The first-order valence-electron chi connectivity index (χ1n) is 7.53. The average molecular weight is 268 g/mol. The lowest BCUT2D eigenvalue weighted by atomic mass is 9.45. The van der Waals surface area contributed by atoms with Gasteiger partial charge in [0.05, 0.1) is 6.42 Å². The zero-order valence-electron chi connectivity index (χ0n) is 12.5. The molecule has 0 aromatic rings. The first-order chi connectivity index (χ1) is 8.67. The SMILES string of the molecule is CC1(C)C[C@H](F)C[C@@]2(C)C1CC[C@@]1(C)OC(=O)C[C@@H]12. The molecule has 3 aliphatic rings. The Morgan fingerprint density at radius 3 is 2.53 bits per heavy atom. The van der Waals surface area contributed by atoms with Crippen molar-refractivity contribution in [3.05, 3.63) is 0 Å². The number of halogens is 1. The number of rotatable bonds is 0. The summed E-state index contributed by atoms with van der Waals surface area (Å²) in [5.41, 5.74) is -0.421. The molecule has 19 heavy (non-hydrogen) atoms. The summed E-state index contributed by atoms with van der Waals surface area (Å²) in [6.07, 6.45) is 2.98. The lowest BCUT2D eigenvalue weighted by Gasteiger charge is -2.60. The molecule has 0 N–H and O–H groups in total. The van der Waals surface area contributed by atoms with Crippen molar-refractivity contribution in [1.82, 2.24) is 0 Å². The van der Waals surface area contributed by atoms with E-state index in [0.717, 1.165) is 12.8 Å². The molecule has 0 spiro atoms. The molecule has 1 unspecified atom stereocenters. The number of carbonyl (C=O) groups is 1. The van der Waals surface area contributed by atoms with E-state index in [1.807, 2.05) is 0 Å². The Balaban J connectivity index is 2.02. The van der Waals surface area contributed by atoms with E-state index in [4.69, 9.17) is 4.74 Å². The van der Waals surface area contributed by atoms with Gasteiger partial charge in [-0.1, -0.05) is 20.8 Å². The van der Waals surface area contributed by atoms with Gasteiger partial charge in [0.15, 0.2) is 0 Å². The van der Waals surface area contributed by atoms with Gasteiger partial charge in [0.1, 0.15) is 11.8 Å². The Morgan fingerprint density at radius 1 is 1.16 bits per heavy atom. The second-order valence-electron chi connectivity index (χ2n) is 8.13. The normalized spacial score (nSPS) is 52.3. The van der Waals surface area contributed by atoms with Crippen LogP contribution in [0, 0.1) is 22.7 Å². The van der Waals surface area contributed by atoms with Gasteiger partial charge in [0.25, 0.3) is 0 Å². The van der Waals surface area contributed by atoms with Crippen molar-refractivity contribution in [2.45, 2.75) is 71.6 Å². The summed E-state index contributed by atoms with van der Waals surface area (Å²) in [5, 5.41) is 0. The van der Waals surface area contributed by atoms with E-state index in [9.17, 15) is 9.18 Å². The molecule has 2 aliphatic carbocycles. The van der Waals surface area contributed by atoms with E-state index < -0.39 is 6.17 Å². The van der Waals surface area contributed by atoms with Crippen LogP contribution in [-0.4, -0.2) is 17.7 Å². The molecule has 0 aromatic heterocycles. The summed E-state index contributed by atoms with van der Waals surface area (Å²) in [6.45, 7) is 8.65. The van der Waals surface area contributed by atoms with Gasteiger partial charge in [0.2, 0.25) is 0 Å². The molecule has 1 aliphatic heterocycles. The summed E-state index contributed by atoms with van der Waals surface area (Å²) in [4.78, 5) is 11.8. The molecule has 3 fully saturated rings. The molecular weight excluding hydrogens is 243 g/mol. The third-order valence-electron chi connectivity index (χ3n) is 6.33. The maximum Gasteiger partial charge on any atom is 0.306 e. The highest BCUT2D eigenvalue weighted by Gasteiger charge is 2.64. The quantitative estimate of drug-likeness (QED) is 0.623. The summed E-state index contributed by atoms with van der Waals surface area (Å²) < 4.78 is 19.9. The van der Waals surface area contributed by atoms with Crippen LogP contribution in [0.2, 0.25) is 0 Å². The van der Waals surface area contributed by atoms with Crippen molar-refractivity contribution in [3.8, 4) is 0 Å². The molecule has 5 atom stereocenters. The highest BCUT2D eigenvalue weighted by atomic mass is 19.1. The van der Waals surface area contributed by atoms with Gasteiger partial charge < -0.3 is 4.74 Å². The number of hydrogen-bond donors (Lipinski definition) is 0. The number of carbonyl (C=O) groups excluding carboxylic acids is 1. The predicted molar refractivity (Wildman–Crippen MR) is 71.3 cm³/mol. The number of alkyl halides is 1. The number of ether oxygens (including phenoxy) is 1. The Morgan fingerprint density at radius 2 is 1.84 bits per heavy atom. The topological polar surface area (TPSA) is 26.3 Å². The first kappa shape index (κ1) is 13.4. The lowest BCUT2D eigenvalue weighted by molar-refractivity contribution is -0.171. The molecule has 2 saturated carbocycles. The molecule has 0 aromatic carbocycles. The fourth-order valence-electron chi connectivity index (χ4n) is 5.75. The highest BCUT2D eigenvalue weighted by molar-refractivity contribution is 5.73. The van der Waals surface area contributed by atoms with Crippen LogP contribution < -0.4 is 0 Å². The first-order valence-corrected chi connectivity index (χ1v) is 7.53. The molecule has 0 bridgehead atoms. The summed E-state index contributed by atoms with van der Waals surface area (Å²) >= 11 is 0. The third kappa shape index (κ3) is 1.76. The van der Waals surface area contributed by atoms with Crippen LogP contribution in [0.15, 0.2) is 0 Å². The minimum absolute atomic E-state index is 0.0272. The van der Waals surface area contributed by atoms with E-state index in [0.29, 0.717) is 25.2 Å². The maximum absolute atomic E-state index is 14.2. The minimum Gasteiger partial charge on any atom is -0.459 e. The largest absolute Gasteiger partial charge is 0.459 e. The van der Waals surface area contributed by atoms with Gasteiger partial charge in [-0.3, -0.25) is 4.79 Å². The Hall–Kier alpha value is -0.600. The standard InChI is InChI=1S/C16H25FO2/c1-14(2)8-10(17)9-15(3)11(14)5-6-16(4)12(15)7-13(18)19-16/h10-12H,5-9H2,1-4H3/t10-,11?,12+,15-,16+/m0/s1. The van der Waals surface area contributed by atoms with Crippen molar-refractivity contribution in [1.29, 1.82) is 0 Å². The Bertz CT molecular complexity index is 419. The lowest BCUT2D eigenvalue weighted by Crippen LogP contribution is -2.57. The molecule has 0 radical (unpaired) electrons. The van der Waals surface area contributed by atoms with Crippen LogP contribution in [-0.2, 0) is 9.53 Å². The predicted octanol–water partition coefficient (Wildman–Crippen LogP) is 3.88. The van der Waals surface area contributed by atoms with Crippen LogP contribution in [0.4, 0.5) is 4.39 Å². The molecular formula is C16H25FO2. The van der Waals surface area contributed by atoms with Crippen molar-refractivity contribution < 1.29 is 13.9 Å².